The van der Waals surface area contributed by atoms with Crippen molar-refractivity contribution >= 4 is 0 Å². The highest BCUT2D eigenvalue weighted by atomic mass is 16.5. The van der Waals surface area contributed by atoms with E-state index in [4.69, 9.17) is 4.74 Å². The van der Waals surface area contributed by atoms with Gasteiger partial charge < -0.3 is 15.0 Å². The molecule has 1 saturated heterocycles. The van der Waals surface area contributed by atoms with E-state index in [1.165, 1.54) is 51.7 Å². The molecule has 3 atom stereocenters. The summed E-state index contributed by atoms with van der Waals surface area (Å²) in [5.74, 6) is 0.853. The fourth-order valence-corrected chi connectivity index (χ4v) is 3.64. The second-order valence-electron chi connectivity index (χ2n) is 6.04. The van der Waals surface area contributed by atoms with Gasteiger partial charge in [0, 0.05) is 19.2 Å². The lowest BCUT2D eigenvalue weighted by Crippen LogP contribution is -2.48. The summed E-state index contributed by atoms with van der Waals surface area (Å²) < 4.78 is 5.58. The summed E-state index contributed by atoms with van der Waals surface area (Å²) in [5, 5.41) is 3.84. The Morgan fingerprint density at radius 1 is 1.22 bits per heavy atom. The Balaban J connectivity index is 1.76. The number of piperidine rings is 1. The third-order valence-electron chi connectivity index (χ3n) is 5.02. The van der Waals surface area contributed by atoms with Crippen LogP contribution in [-0.4, -0.2) is 49.8 Å². The van der Waals surface area contributed by atoms with Gasteiger partial charge in [0.1, 0.15) is 0 Å². The molecule has 0 bridgehead atoms. The highest BCUT2D eigenvalue weighted by Crippen LogP contribution is 2.25. The van der Waals surface area contributed by atoms with E-state index in [-0.39, 0.29) is 0 Å². The topological polar surface area (TPSA) is 24.5 Å². The minimum atomic E-state index is 0.447. The Morgan fingerprint density at radius 2 is 1.94 bits per heavy atom. The van der Waals surface area contributed by atoms with Gasteiger partial charge in [-0.15, -0.1) is 0 Å². The molecule has 0 spiro atoms. The van der Waals surface area contributed by atoms with E-state index in [2.05, 4.69) is 24.1 Å². The molecule has 2 fully saturated rings. The van der Waals surface area contributed by atoms with Crippen LogP contribution >= 0.6 is 0 Å². The van der Waals surface area contributed by atoms with Gasteiger partial charge >= 0.3 is 0 Å². The van der Waals surface area contributed by atoms with Crippen LogP contribution in [0.3, 0.4) is 0 Å². The Labute approximate surface area is 112 Å². The fraction of sp³-hybridized carbons (Fsp3) is 1.00. The smallest absolute Gasteiger partial charge is 0.0724 e. The molecule has 0 aromatic carbocycles. The molecule has 1 aliphatic carbocycles. The largest absolute Gasteiger partial charge is 0.380 e. The zero-order valence-electron chi connectivity index (χ0n) is 12.3. The van der Waals surface area contributed by atoms with Crippen LogP contribution in [0.15, 0.2) is 0 Å². The van der Waals surface area contributed by atoms with Gasteiger partial charge in [0.05, 0.1) is 6.10 Å². The second-order valence-corrected chi connectivity index (χ2v) is 6.04. The van der Waals surface area contributed by atoms with Crippen molar-refractivity contribution in [1.29, 1.82) is 0 Å². The quantitative estimate of drug-likeness (QED) is 0.814. The van der Waals surface area contributed by atoms with Crippen molar-refractivity contribution in [2.45, 2.75) is 64.1 Å². The fourth-order valence-electron chi connectivity index (χ4n) is 3.64. The number of hydrogen-bond donors (Lipinski definition) is 1. The standard InChI is InChI=1S/C15H30N2O/c1-4-17-10-8-13(9-11-17)12(2)16-14-6-5-7-15(14)18-3/h12-16H,4-11H2,1-3H3. The van der Waals surface area contributed by atoms with Gasteiger partial charge in [0.15, 0.2) is 0 Å². The van der Waals surface area contributed by atoms with Gasteiger partial charge in [-0.1, -0.05) is 6.92 Å². The predicted molar refractivity (Wildman–Crippen MR) is 75.9 cm³/mol. The first-order chi connectivity index (χ1) is 8.74. The van der Waals surface area contributed by atoms with Crippen molar-refractivity contribution in [3.05, 3.63) is 0 Å². The van der Waals surface area contributed by atoms with Crippen LogP contribution in [-0.2, 0) is 4.74 Å². The van der Waals surface area contributed by atoms with E-state index < -0.39 is 0 Å². The summed E-state index contributed by atoms with van der Waals surface area (Å²) >= 11 is 0. The SMILES string of the molecule is CCN1CCC(C(C)NC2CCCC2OC)CC1. The number of rotatable bonds is 5. The number of methoxy groups -OCH3 is 1. The van der Waals surface area contributed by atoms with Crippen LogP contribution in [0.25, 0.3) is 0 Å². The van der Waals surface area contributed by atoms with Crippen molar-refractivity contribution in [3.63, 3.8) is 0 Å². The maximum Gasteiger partial charge on any atom is 0.0724 e. The molecule has 0 amide bonds. The lowest BCUT2D eigenvalue weighted by Gasteiger charge is -2.36. The predicted octanol–water partition coefficient (Wildman–Crippen LogP) is 2.26. The summed E-state index contributed by atoms with van der Waals surface area (Å²) in [5.41, 5.74) is 0. The zero-order chi connectivity index (χ0) is 13.0. The van der Waals surface area contributed by atoms with Crippen molar-refractivity contribution in [3.8, 4) is 0 Å². The molecule has 3 unspecified atom stereocenters. The molecule has 3 nitrogen and oxygen atoms in total. The van der Waals surface area contributed by atoms with E-state index >= 15 is 0 Å². The van der Waals surface area contributed by atoms with Gasteiger partial charge in [-0.2, -0.15) is 0 Å². The number of hydrogen-bond acceptors (Lipinski definition) is 3. The first kappa shape index (κ1) is 14.3. The van der Waals surface area contributed by atoms with Crippen molar-refractivity contribution < 1.29 is 4.74 Å². The summed E-state index contributed by atoms with van der Waals surface area (Å²) in [6.45, 7) is 8.42. The molecular weight excluding hydrogens is 224 g/mol. The van der Waals surface area contributed by atoms with Gasteiger partial charge in [-0.25, -0.2) is 0 Å². The van der Waals surface area contributed by atoms with Crippen LogP contribution in [0.2, 0.25) is 0 Å². The Morgan fingerprint density at radius 3 is 2.56 bits per heavy atom. The molecule has 1 N–H and O–H groups in total. The molecule has 0 radical (unpaired) electrons. The lowest BCUT2D eigenvalue weighted by molar-refractivity contribution is 0.0746. The first-order valence-corrected chi connectivity index (χ1v) is 7.75. The van der Waals surface area contributed by atoms with Gasteiger partial charge in [-0.3, -0.25) is 0 Å². The lowest BCUT2D eigenvalue weighted by atomic mass is 9.89. The molecule has 0 aromatic rings. The normalized spacial score (nSPS) is 32.8. The minimum Gasteiger partial charge on any atom is -0.380 e. The third-order valence-corrected chi connectivity index (χ3v) is 5.02. The van der Waals surface area contributed by atoms with E-state index in [0.29, 0.717) is 18.2 Å². The molecule has 1 heterocycles. The molecule has 0 aromatic heterocycles. The summed E-state index contributed by atoms with van der Waals surface area (Å²) in [6.07, 6.45) is 6.99. The van der Waals surface area contributed by atoms with Gasteiger partial charge in [0.25, 0.3) is 0 Å². The first-order valence-electron chi connectivity index (χ1n) is 7.75. The summed E-state index contributed by atoms with van der Waals surface area (Å²) in [6, 6.07) is 1.24. The molecular formula is C15H30N2O. The third kappa shape index (κ3) is 3.46. The van der Waals surface area contributed by atoms with Crippen molar-refractivity contribution in [1.82, 2.24) is 10.2 Å². The monoisotopic (exact) mass is 254 g/mol. The summed E-state index contributed by atoms with van der Waals surface area (Å²) in [4.78, 5) is 2.57. The van der Waals surface area contributed by atoms with Gasteiger partial charge in [-0.05, 0) is 64.6 Å². The van der Waals surface area contributed by atoms with Crippen LogP contribution in [0, 0.1) is 5.92 Å². The van der Waals surface area contributed by atoms with E-state index in [0.717, 1.165) is 5.92 Å². The molecule has 18 heavy (non-hydrogen) atoms. The van der Waals surface area contributed by atoms with Gasteiger partial charge in [0.2, 0.25) is 0 Å². The number of nitrogens with one attached hydrogen (secondary N) is 1. The number of ether oxygens (including phenoxy) is 1. The molecule has 2 aliphatic rings. The van der Waals surface area contributed by atoms with Crippen LogP contribution in [0.1, 0.15) is 46.0 Å². The number of nitrogens with zero attached hydrogens (tertiary/aromatic N) is 1. The van der Waals surface area contributed by atoms with E-state index in [1.54, 1.807) is 0 Å². The molecule has 1 aliphatic heterocycles. The van der Waals surface area contributed by atoms with Crippen molar-refractivity contribution in [2.24, 2.45) is 5.92 Å². The molecule has 1 saturated carbocycles. The highest BCUT2D eigenvalue weighted by molar-refractivity contribution is 4.88. The van der Waals surface area contributed by atoms with E-state index in [1.807, 2.05) is 7.11 Å². The van der Waals surface area contributed by atoms with E-state index in [9.17, 15) is 0 Å². The summed E-state index contributed by atoms with van der Waals surface area (Å²) in [7, 11) is 1.86. The maximum atomic E-state index is 5.58. The maximum absolute atomic E-state index is 5.58. The minimum absolute atomic E-state index is 0.447. The zero-order valence-corrected chi connectivity index (χ0v) is 12.3. The molecule has 106 valence electrons. The molecule has 2 rings (SSSR count). The average Bonchev–Trinajstić information content (AvgIpc) is 2.86. The van der Waals surface area contributed by atoms with Crippen LogP contribution < -0.4 is 5.32 Å². The average molecular weight is 254 g/mol. The highest BCUT2D eigenvalue weighted by Gasteiger charge is 2.31. The van der Waals surface area contributed by atoms with Crippen LogP contribution in [0.5, 0.6) is 0 Å². The number of likely N-dealkylation sites (tertiary alicyclic amines) is 1. The Kier molecular flexibility index (Phi) is 5.46. The Bertz CT molecular complexity index is 239. The van der Waals surface area contributed by atoms with Crippen LogP contribution in [0.4, 0.5) is 0 Å². The second kappa shape index (κ2) is 6.88. The molecule has 3 heteroatoms. The van der Waals surface area contributed by atoms with Crippen molar-refractivity contribution in [2.75, 3.05) is 26.7 Å². The Hall–Kier alpha value is -0.120.